The van der Waals surface area contributed by atoms with E-state index >= 15 is 0 Å². The number of nitrogens with one attached hydrogen (secondary N) is 1. The zero-order valence-corrected chi connectivity index (χ0v) is 12.5. The summed E-state index contributed by atoms with van der Waals surface area (Å²) in [7, 11) is 0. The molecule has 0 aliphatic carbocycles. The number of ether oxygens (including phenoxy) is 2. The third kappa shape index (κ3) is 6.55. The van der Waals surface area contributed by atoms with Gasteiger partial charge in [0.05, 0.1) is 12.7 Å². The van der Waals surface area contributed by atoms with Crippen molar-refractivity contribution in [1.82, 2.24) is 10.3 Å². The van der Waals surface area contributed by atoms with Crippen molar-refractivity contribution in [3.63, 3.8) is 0 Å². The lowest BCUT2D eigenvalue weighted by atomic mass is 10.1. The van der Waals surface area contributed by atoms with E-state index in [-0.39, 0.29) is 6.10 Å². The minimum absolute atomic E-state index is 0.237. The molecule has 19 heavy (non-hydrogen) atoms. The summed E-state index contributed by atoms with van der Waals surface area (Å²) in [6.07, 6.45) is 3.16. The molecule has 0 saturated carbocycles. The van der Waals surface area contributed by atoms with E-state index in [0.717, 1.165) is 13.0 Å². The van der Waals surface area contributed by atoms with Gasteiger partial charge in [0.25, 0.3) is 0 Å². The average molecular weight is 266 g/mol. The Kier molecular flexibility index (Phi) is 7.45. The number of nitrogens with zero attached hydrogens (tertiary/aromatic N) is 1. The van der Waals surface area contributed by atoms with Gasteiger partial charge in [0.15, 0.2) is 0 Å². The van der Waals surface area contributed by atoms with Gasteiger partial charge in [0, 0.05) is 18.3 Å². The van der Waals surface area contributed by atoms with E-state index in [1.54, 1.807) is 6.20 Å². The summed E-state index contributed by atoms with van der Waals surface area (Å²) in [4.78, 5) is 4.21. The summed E-state index contributed by atoms with van der Waals surface area (Å²) >= 11 is 0. The van der Waals surface area contributed by atoms with Gasteiger partial charge in [0.1, 0.15) is 6.61 Å². The van der Waals surface area contributed by atoms with E-state index in [9.17, 15) is 0 Å². The van der Waals surface area contributed by atoms with Gasteiger partial charge in [-0.1, -0.05) is 6.92 Å². The lowest BCUT2D eigenvalue weighted by Gasteiger charge is -2.14. The van der Waals surface area contributed by atoms with Crippen LogP contribution in [0, 0.1) is 0 Å². The van der Waals surface area contributed by atoms with Crippen LogP contribution in [-0.2, 0) is 4.74 Å². The molecule has 0 fully saturated rings. The first kappa shape index (κ1) is 15.9. The van der Waals surface area contributed by atoms with Crippen molar-refractivity contribution in [2.24, 2.45) is 0 Å². The summed E-state index contributed by atoms with van der Waals surface area (Å²) in [6.45, 7) is 10.5. The molecule has 1 heterocycles. The second kappa shape index (κ2) is 8.88. The van der Waals surface area contributed by atoms with Crippen molar-refractivity contribution >= 4 is 0 Å². The number of rotatable bonds is 9. The molecule has 1 unspecified atom stereocenters. The van der Waals surface area contributed by atoms with Gasteiger partial charge in [-0.05, 0) is 45.4 Å². The summed E-state index contributed by atoms with van der Waals surface area (Å²) in [6, 6.07) is 4.32. The van der Waals surface area contributed by atoms with Crippen molar-refractivity contribution in [1.29, 1.82) is 0 Å². The van der Waals surface area contributed by atoms with Gasteiger partial charge in [-0.3, -0.25) is 0 Å². The Hall–Kier alpha value is -1.13. The molecular weight excluding hydrogens is 240 g/mol. The molecule has 4 heteroatoms. The lowest BCUT2D eigenvalue weighted by molar-refractivity contribution is 0.0542. The largest absolute Gasteiger partial charge is 0.475 e. The van der Waals surface area contributed by atoms with Crippen molar-refractivity contribution in [2.75, 3.05) is 19.8 Å². The minimum atomic E-state index is 0.237. The zero-order valence-electron chi connectivity index (χ0n) is 12.5. The number of hydrogen-bond acceptors (Lipinski definition) is 4. The van der Waals surface area contributed by atoms with Gasteiger partial charge >= 0.3 is 0 Å². The van der Waals surface area contributed by atoms with Gasteiger partial charge in [-0.25, -0.2) is 4.98 Å². The number of aromatic nitrogens is 1. The highest BCUT2D eigenvalue weighted by molar-refractivity contribution is 5.23. The molecule has 0 amide bonds. The summed E-state index contributed by atoms with van der Waals surface area (Å²) in [5.41, 5.74) is 1.20. The quantitative estimate of drug-likeness (QED) is 0.698. The third-order valence-electron chi connectivity index (χ3n) is 2.74. The molecule has 1 N–H and O–H groups in total. The second-order valence-electron chi connectivity index (χ2n) is 4.87. The first-order chi connectivity index (χ1) is 9.13. The molecule has 0 aliphatic heterocycles. The maximum atomic E-state index is 5.59. The highest BCUT2D eigenvalue weighted by Gasteiger charge is 2.06. The number of pyridine rings is 1. The summed E-state index contributed by atoms with van der Waals surface area (Å²) in [5.74, 6) is 0.662. The Morgan fingerprint density at radius 3 is 2.74 bits per heavy atom. The molecule has 1 rings (SSSR count). The van der Waals surface area contributed by atoms with Gasteiger partial charge in [-0.15, -0.1) is 0 Å². The van der Waals surface area contributed by atoms with E-state index < -0.39 is 0 Å². The molecule has 0 aliphatic rings. The number of hydrogen-bond donors (Lipinski definition) is 1. The van der Waals surface area contributed by atoms with Crippen LogP contribution in [0.2, 0.25) is 0 Å². The van der Waals surface area contributed by atoms with E-state index in [1.807, 2.05) is 26.0 Å². The van der Waals surface area contributed by atoms with Crippen molar-refractivity contribution in [3.05, 3.63) is 23.9 Å². The van der Waals surface area contributed by atoms with E-state index in [1.165, 1.54) is 5.56 Å². The molecule has 0 aromatic carbocycles. The molecule has 1 aromatic rings. The standard InChI is InChI=1S/C15H26N2O2/c1-5-7-16-13(4)14-6-8-17-15(11-14)19-10-9-18-12(2)3/h6,8,11-13,16H,5,7,9-10H2,1-4H3. The fraction of sp³-hybridized carbons (Fsp3) is 0.667. The zero-order chi connectivity index (χ0) is 14.1. The van der Waals surface area contributed by atoms with E-state index in [2.05, 4.69) is 24.1 Å². The molecule has 0 spiro atoms. The molecule has 1 atom stereocenters. The SMILES string of the molecule is CCCNC(C)c1ccnc(OCCOC(C)C)c1. The van der Waals surface area contributed by atoms with Crippen LogP contribution in [0.4, 0.5) is 0 Å². The van der Waals surface area contributed by atoms with Crippen LogP contribution in [0.1, 0.15) is 45.7 Å². The Morgan fingerprint density at radius 2 is 2.05 bits per heavy atom. The van der Waals surface area contributed by atoms with Crippen LogP contribution < -0.4 is 10.1 Å². The predicted molar refractivity (Wildman–Crippen MR) is 77.5 cm³/mol. The minimum Gasteiger partial charge on any atom is -0.475 e. The Bertz CT molecular complexity index is 356. The Labute approximate surface area is 116 Å². The van der Waals surface area contributed by atoms with Crippen LogP contribution in [-0.4, -0.2) is 30.8 Å². The first-order valence-corrected chi connectivity index (χ1v) is 7.07. The second-order valence-corrected chi connectivity index (χ2v) is 4.87. The normalized spacial score (nSPS) is 12.7. The van der Waals surface area contributed by atoms with E-state index in [4.69, 9.17) is 9.47 Å². The van der Waals surface area contributed by atoms with Gasteiger partial charge in [-0.2, -0.15) is 0 Å². The average Bonchev–Trinajstić information content (AvgIpc) is 2.41. The fourth-order valence-electron chi connectivity index (χ4n) is 1.68. The first-order valence-electron chi connectivity index (χ1n) is 7.07. The van der Waals surface area contributed by atoms with Crippen molar-refractivity contribution < 1.29 is 9.47 Å². The van der Waals surface area contributed by atoms with Crippen molar-refractivity contribution in [2.45, 2.75) is 46.3 Å². The molecule has 0 bridgehead atoms. The maximum Gasteiger partial charge on any atom is 0.213 e. The molecule has 0 radical (unpaired) electrons. The summed E-state index contributed by atoms with van der Waals surface area (Å²) in [5, 5.41) is 3.45. The van der Waals surface area contributed by atoms with E-state index in [0.29, 0.717) is 25.1 Å². The Balaban J connectivity index is 2.43. The van der Waals surface area contributed by atoms with Crippen LogP contribution in [0.25, 0.3) is 0 Å². The predicted octanol–water partition coefficient (Wildman–Crippen LogP) is 2.95. The lowest BCUT2D eigenvalue weighted by Crippen LogP contribution is -2.19. The Morgan fingerprint density at radius 1 is 1.26 bits per heavy atom. The van der Waals surface area contributed by atoms with Gasteiger partial charge in [0.2, 0.25) is 5.88 Å². The van der Waals surface area contributed by atoms with Crippen LogP contribution >= 0.6 is 0 Å². The topological polar surface area (TPSA) is 43.4 Å². The maximum absolute atomic E-state index is 5.59. The van der Waals surface area contributed by atoms with Crippen LogP contribution in [0.3, 0.4) is 0 Å². The third-order valence-corrected chi connectivity index (χ3v) is 2.74. The highest BCUT2D eigenvalue weighted by Crippen LogP contribution is 2.16. The fourth-order valence-corrected chi connectivity index (χ4v) is 1.68. The van der Waals surface area contributed by atoms with Crippen LogP contribution in [0.5, 0.6) is 5.88 Å². The molecule has 108 valence electrons. The van der Waals surface area contributed by atoms with Crippen LogP contribution in [0.15, 0.2) is 18.3 Å². The van der Waals surface area contributed by atoms with Crippen molar-refractivity contribution in [3.8, 4) is 5.88 Å². The molecule has 1 aromatic heterocycles. The molecule has 0 saturated heterocycles. The summed E-state index contributed by atoms with van der Waals surface area (Å²) < 4.78 is 11.0. The van der Waals surface area contributed by atoms with Gasteiger partial charge < -0.3 is 14.8 Å². The smallest absolute Gasteiger partial charge is 0.213 e. The highest BCUT2D eigenvalue weighted by atomic mass is 16.5. The monoisotopic (exact) mass is 266 g/mol. The molecular formula is C15H26N2O2. The molecule has 4 nitrogen and oxygen atoms in total.